The Morgan fingerprint density at radius 2 is 2.11 bits per heavy atom. The Labute approximate surface area is 105 Å². The fourth-order valence-corrected chi connectivity index (χ4v) is 2.31. The van der Waals surface area contributed by atoms with Crippen molar-refractivity contribution in [2.45, 2.75) is 37.8 Å². The lowest BCUT2D eigenvalue weighted by Gasteiger charge is -2.05. The van der Waals surface area contributed by atoms with E-state index in [0.29, 0.717) is 12.1 Å². The smallest absolute Gasteiger partial charge is 0.251 e. The van der Waals surface area contributed by atoms with E-state index >= 15 is 0 Å². The minimum Gasteiger partial charge on any atom is -0.349 e. The molecule has 0 saturated heterocycles. The molecule has 0 aliphatic heterocycles. The highest BCUT2D eigenvalue weighted by Crippen LogP contribution is 2.37. The molecular weight excluding hydrogens is 226 g/mol. The van der Waals surface area contributed by atoms with Gasteiger partial charge in [0.25, 0.3) is 5.91 Å². The van der Waals surface area contributed by atoms with Crippen LogP contribution >= 0.6 is 0 Å². The molecule has 2 aliphatic carbocycles. The number of carbonyl (C=O) groups excluding carboxylic acids is 1. The molecule has 4 nitrogen and oxygen atoms in total. The Bertz CT molecular complexity index is 623. The number of hydrogen-bond donors (Lipinski definition) is 1. The third kappa shape index (κ3) is 1.68. The van der Waals surface area contributed by atoms with Gasteiger partial charge in [-0.2, -0.15) is 0 Å². The molecule has 1 amide bonds. The van der Waals surface area contributed by atoms with Crippen molar-refractivity contribution in [2.75, 3.05) is 0 Å². The average Bonchev–Trinajstić information content (AvgIpc) is 3.29. The monoisotopic (exact) mass is 241 g/mol. The lowest BCUT2D eigenvalue weighted by molar-refractivity contribution is 0.0951. The zero-order valence-corrected chi connectivity index (χ0v) is 10.1. The van der Waals surface area contributed by atoms with Gasteiger partial charge >= 0.3 is 0 Å². The zero-order chi connectivity index (χ0) is 12.1. The van der Waals surface area contributed by atoms with Crippen molar-refractivity contribution in [3.05, 3.63) is 30.1 Å². The van der Waals surface area contributed by atoms with Gasteiger partial charge in [0.2, 0.25) is 0 Å². The van der Waals surface area contributed by atoms with E-state index in [1.807, 2.05) is 24.5 Å². The van der Waals surface area contributed by atoms with Crippen LogP contribution in [0.2, 0.25) is 0 Å². The first-order valence-electron chi connectivity index (χ1n) is 6.59. The molecule has 1 aromatic heterocycles. The van der Waals surface area contributed by atoms with Crippen LogP contribution in [-0.4, -0.2) is 21.5 Å². The third-order valence-electron chi connectivity index (χ3n) is 3.69. The Hall–Kier alpha value is -1.84. The van der Waals surface area contributed by atoms with Crippen LogP contribution in [0.5, 0.6) is 0 Å². The van der Waals surface area contributed by atoms with Crippen molar-refractivity contribution in [3.8, 4) is 0 Å². The molecule has 18 heavy (non-hydrogen) atoms. The molecule has 4 rings (SSSR count). The lowest BCUT2D eigenvalue weighted by atomic mass is 10.2. The largest absolute Gasteiger partial charge is 0.349 e. The number of amides is 1. The topological polar surface area (TPSA) is 46.9 Å². The summed E-state index contributed by atoms with van der Waals surface area (Å²) < 4.78 is 2.20. The summed E-state index contributed by atoms with van der Waals surface area (Å²) in [5, 5.41) is 3.02. The maximum absolute atomic E-state index is 12.0. The maximum atomic E-state index is 12.0. The highest BCUT2D eigenvalue weighted by molar-refractivity contribution is 5.97. The summed E-state index contributed by atoms with van der Waals surface area (Å²) in [6.07, 6.45) is 6.58. The molecule has 2 aromatic rings. The van der Waals surface area contributed by atoms with Crippen molar-refractivity contribution in [2.24, 2.45) is 0 Å². The number of carbonyl (C=O) groups is 1. The molecule has 0 spiro atoms. The van der Waals surface area contributed by atoms with Crippen molar-refractivity contribution in [1.82, 2.24) is 14.9 Å². The summed E-state index contributed by atoms with van der Waals surface area (Å²) >= 11 is 0. The normalized spacial score (nSPS) is 19.1. The van der Waals surface area contributed by atoms with Crippen molar-refractivity contribution < 1.29 is 4.79 Å². The fraction of sp³-hybridized carbons (Fsp3) is 0.429. The minimum atomic E-state index is 0.0444. The van der Waals surface area contributed by atoms with E-state index < -0.39 is 0 Å². The van der Waals surface area contributed by atoms with Gasteiger partial charge in [-0.25, -0.2) is 4.98 Å². The van der Waals surface area contributed by atoms with Crippen LogP contribution in [0.4, 0.5) is 0 Å². The Kier molecular flexibility index (Phi) is 2.01. The molecule has 0 bridgehead atoms. The molecule has 1 heterocycles. The molecule has 2 saturated carbocycles. The number of hydrogen-bond acceptors (Lipinski definition) is 2. The summed E-state index contributed by atoms with van der Waals surface area (Å²) in [6, 6.07) is 6.77. The van der Waals surface area contributed by atoms with Gasteiger partial charge in [0.15, 0.2) is 0 Å². The standard InChI is InChI=1S/C14H15N3O/c18-14(16-10-2-3-10)9-1-6-12-13(7-9)17(8-15-12)11-4-5-11/h1,6-8,10-11H,2-5H2,(H,16,18). The Morgan fingerprint density at radius 1 is 1.28 bits per heavy atom. The summed E-state index contributed by atoms with van der Waals surface area (Å²) in [5.74, 6) is 0.0444. The second kappa shape index (κ2) is 3.57. The Morgan fingerprint density at radius 3 is 2.83 bits per heavy atom. The second-order valence-corrected chi connectivity index (χ2v) is 5.33. The summed E-state index contributed by atoms with van der Waals surface area (Å²) in [4.78, 5) is 16.4. The van der Waals surface area contributed by atoms with Crippen molar-refractivity contribution in [3.63, 3.8) is 0 Å². The van der Waals surface area contributed by atoms with Gasteiger partial charge in [-0.15, -0.1) is 0 Å². The average molecular weight is 241 g/mol. The quantitative estimate of drug-likeness (QED) is 0.896. The number of benzene rings is 1. The predicted octanol–water partition coefficient (Wildman–Crippen LogP) is 2.26. The number of rotatable bonds is 3. The number of aromatic nitrogens is 2. The van der Waals surface area contributed by atoms with E-state index in [9.17, 15) is 4.79 Å². The molecule has 0 atom stereocenters. The van der Waals surface area contributed by atoms with Crippen LogP contribution in [0.1, 0.15) is 42.1 Å². The molecular formula is C14H15N3O. The van der Waals surface area contributed by atoms with Crippen LogP contribution in [0, 0.1) is 0 Å². The molecule has 0 unspecified atom stereocenters. The van der Waals surface area contributed by atoms with Crippen LogP contribution in [0.25, 0.3) is 11.0 Å². The van der Waals surface area contributed by atoms with Gasteiger partial charge in [-0.1, -0.05) is 0 Å². The Balaban J connectivity index is 1.72. The molecule has 2 aliphatic rings. The van der Waals surface area contributed by atoms with Crippen molar-refractivity contribution >= 4 is 16.9 Å². The summed E-state index contributed by atoms with van der Waals surface area (Å²) in [5.41, 5.74) is 2.81. The first kappa shape index (κ1) is 10.1. The molecule has 2 fully saturated rings. The number of fused-ring (bicyclic) bond motifs is 1. The number of nitrogens with zero attached hydrogens (tertiary/aromatic N) is 2. The van der Waals surface area contributed by atoms with E-state index in [4.69, 9.17) is 0 Å². The van der Waals surface area contributed by atoms with Gasteiger partial charge in [-0.3, -0.25) is 4.79 Å². The first-order chi connectivity index (χ1) is 8.81. The van der Waals surface area contributed by atoms with Gasteiger partial charge < -0.3 is 9.88 Å². The molecule has 1 N–H and O–H groups in total. The van der Waals surface area contributed by atoms with Crippen LogP contribution in [0.3, 0.4) is 0 Å². The summed E-state index contributed by atoms with van der Waals surface area (Å²) in [7, 11) is 0. The van der Waals surface area contributed by atoms with E-state index in [-0.39, 0.29) is 5.91 Å². The van der Waals surface area contributed by atoms with Crippen molar-refractivity contribution in [1.29, 1.82) is 0 Å². The van der Waals surface area contributed by atoms with Gasteiger partial charge in [-0.05, 0) is 43.9 Å². The molecule has 1 aromatic carbocycles. The zero-order valence-electron chi connectivity index (χ0n) is 10.1. The fourth-order valence-electron chi connectivity index (χ4n) is 2.31. The predicted molar refractivity (Wildman–Crippen MR) is 68.5 cm³/mol. The minimum absolute atomic E-state index is 0.0444. The van der Waals surface area contributed by atoms with E-state index in [2.05, 4.69) is 14.9 Å². The lowest BCUT2D eigenvalue weighted by Crippen LogP contribution is -2.25. The number of nitrogens with one attached hydrogen (secondary N) is 1. The van der Waals surface area contributed by atoms with Crippen LogP contribution in [-0.2, 0) is 0 Å². The maximum Gasteiger partial charge on any atom is 0.251 e. The third-order valence-corrected chi connectivity index (χ3v) is 3.69. The van der Waals surface area contributed by atoms with Crippen LogP contribution in [0.15, 0.2) is 24.5 Å². The highest BCUT2D eigenvalue weighted by Gasteiger charge is 2.26. The van der Waals surface area contributed by atoms with E-state index in [0.717, 1.165) is 29.4 Å². The van der Waals surface area contributed by atoms with Gasteiger partial charge in [0.1, 0.15) is 0 Å². The molecule has 0 radical (unpaired) electrons. The van der Waals surface area contributed by atoms with Gasteiger partial charge in [0.05, 0.1) is 17.4 Å². The first-order valence-corrected chi connectivity index (χ1v) is 6.59. The second-order valence-electron chi connectivity index (χ2n) is 5.33. The summed E-state index contributed by atoms with van der Waals surface area (Å²) in [6.45, 7) is 0. The van der Waals surface area contributed by atoms with Crippen LogP contribution < -0.4 is 5.32 Å². The SMILES string of the molecule is O=C(NC1CC1)c1ccc2ncn(C3CC3)c2c1. The van der Waals surface area contributed by atoms with E-state index in [1.165, 1.54) is 12.8 Å². The molecule has 92 valence electrons. The number of imidazole rings is 1. The van der Waals surface area contributed by atoms with E-state index in [1.54, 1.807) is 0 Å². The van der Waals surface area contributed by atoms with Gasteiger partial charge in [0, 0.05) is 17.6 Å². The highest BCUT2D eigenvalue weighted by atomic mass is 16.1. The molecule has 4 heteroatoms.